The summed E-state index contributed by atoms with van der Waals surface area (Å²) < 4.78 is 5.88. The van der Waals surface area contributed by atoms with Crippen LogP contribution in [0.5, 0.6) is 11.5 Å². The molecule has 0 radical (unpaired) electrons. The lowest BCUT2D eigenvalue weighted by atomic mass is 9.82. The zero-order valence-corrected chi connectivity index (χ0v) is 18.3. The van der Waals surface area contributed by atoms with Gasteiger partial charge in [0.15, 0.2) is 6.10 Å². The molecule has 31 heavy (non-hydrogen) atoms. The lowest BCUT2D eigenvalue weighted by Crippen LogP contribution is -2.41. The van der Waals surface area contributed by atoms with Gasteiger partial charge in [0, 0.05) is 13.2 Å². The minimum absolute atomic E-state index is 0. The molecule has 2 aromatic carbocycles. The summed E-state index contributed by atoms with van der Waals surface area (Å²) >= 11 is 0. The van der Waals surface area contributed by atoms with Crippen LogP contribution in [0.3, 0.4) is 0 Å². The van der Waals surface area contributed by atoms with E-state index < -0.39 is 6.10 Å². The highest BCUT2D eigenvalue weighted by atomic mass is 16.5. The number of hydrogen-bond acceptors (Lipinski definition) is 5. The standard InChI is InChI=1S/C25H29N3O3.H2/c1-25(2,3)18-11-17(16-6-4-5-7-16)21(29)12-19(18)28-24(30)23-14-27-20-10-15(13-26)8-9-22(20)31-23;/h8-12,16,23,27,29H,4-7,14H2,1-3H3,(H,28,30);1H/t23-;/m1./s1. The van der Waals surface area contributed by atoms with E-state index >= 15 is 0 Å². The van der Waals surface area contributed by atoms with Crippen molar-refractivity contribution < 1.29 is 16.1 Å². The van der Waals surface area contributed by atoms with Crippen LogP contribution in [0.1, 0.15) is 70.5 Å². The third kappa shape index (κ3) is 4.32. The van der Waals surface area contributed by atoms with Crippen molar-refractivity contribution in [2.24, 2.45) is 0 Å². The molecule has 1 heterocycles. The molecule has 6 heteroatoms. The molecule has 0 unspecified atom stereocenters. The molecule has 164 valence electrons. The van der Waals surface area contributed by atoms with E-state index in [2.05, 4.69) is 43.5 Å². The Kier molecular flexibility index (Phi) is 5.53. The Bertz CT molecular complexity index is 1050. The first-order valence-corrected chi connectivity index (χ1v) is 10.9. The summed E-state index contributed by atoms with van der Waals surface area (Å²) in [7, 11) is 0. The average molecular weight is 422 g/mol. The van der Waals surface area contributed by atoms with Crippen LogP contribution in [0.25, 0.3) is 0 Å². The summed E-state index contributed by atoms with van der Waals surface area (Å²) in [6, 6.07) is 10.9. The number of nitrogens with zero attached hydrogens (tertiary/aromatic N) is 1. The van der Waals surface area contributed by atoms with E-state index in [-0.39, 0.29) is 18.5 Å². The number of phenols is 1. The van der Waals surface area contributed by atoms with Gasteiger partial charge in [-0.25, -0.2) is 0 Å². The molecule has 2 aliphatic rings. The Labute approximate surface area is 184 Å². The molecule has 1 aliphatic heterocycles. The summed E-state index contributed by atoms with van der Waals surface area (Å²) in [5, 5.41) is 25.9. The molecular weight excluding hydrogens is 390 g/mol. The Hall–Kier alpha value is -3.20. The van der Waals surface area contributed by atoms with Crippen LogP contribution < -0.4 is 15.4 Å². The Morgan fingerprint density at radius 1 is 1.26 bits per heavy atom. The molecule has 0 saturated heterocycles. The predicted molar refractivity (Wildman–Crippen MR) is 123 cm³/mol. The van der Waals surface area contributed by atoms with Gasteiger partial charge in [0.1, 0.15) is 11.5 Å². The van der Waals surface area contributed by atoms with Gasteiger partial charge in [0.05, 0.1) is 23.9 Å². The highest BCUT2D eigenvalue weighted by Gasteiger charge is 2.30. The van der Waals surface area contributed by atoms with Gasteiger partial charge in [-0.3, -0.25) is 4.79 Å². The first-order chi connectivity index (χ1) is 14.8. The van der Waals surface area contributed by atoms with Crippen LogP contribution in [0.4, 0.5) is 11.4 Å². The highest BCUT2D eigenvalue weighted by Crippen LogP contribution is 2.43. The van der Waals surface area contributed by atoms with Gasteiger partial charge < -0.3 is 20.5 Å². The zero-order chi connectivity index (χ0) is 22.2. The topological polar surface area (TPSA) is 94.4 Å². The summed E-state index contributed by atoms with van der Waals surface area (Å²) in [6.45, 7) is 6.62. The fraction of sp³-hybridized carbons (Fsp3) is 0.440. The van der Waals surface area contributed by atoms with E-state index in [1.807, 2.05) is 0 Å². The molecule has 6 nitrogen and oxygen atoms in total. The van der Waals surface area contributed by atoms with Crippen molar-refractivity contribution in [1.29, 1.82) is 5.26 Å². The number of nitriles is 1. The molecule has 0 bridgehead atoms. The minimum atomic E-state index is -0.718. The number of carbonyl (C=O) groups excluding carboxylic acids is 1. The average Bonchev–Trinajstić information content (AvgIpc) is 3.26. The molecule has 0 aromatic heterocycles. The maximum absolute atomic E-state index is 13.0. The van der Waals surface area contributed by atoms with Gasteiger partial charge in [-0.05, 0) is 59.6 Å². The second kappa shape index (κ2) is 8.14. The van der Waals surface area contributed by atoms with Gasteiger partial charge in [-0.1, -0.05) is 33.6 Å². The number of anilines is 2. The Morgan fingerprint density at radius 2 is 2.00 bits per heavy atom. The fourth-order valence-electron chi connectivity index (χ4n) is 4.49. The van der Waals surface area contributed by atoms with Crippen molar-refractivity contribution in [3.63, 3.8) is 0 Å². The largest absolute Gasteiger partial charge is 0.508 e. The number of benzene rings is 2. The number of aromatic hydroxyl groups is 1. The number of nitrogens with one attached hydrogen (secondary N) is 2. The van der Waals surface area contributed by atoms with E-state index in [0.29, 0.717) is 35.2 Å². The van der Waals surface area contributed by atoms with Crippen LogP contribution in [0.15, 0.2) is 30.3 Å². The van der Waals surface area contributed by atoms with E-state index in [9.17, 15) is 9.90 Å². The van der Waals surface area contributed by atoms with Gasteiger partial charge in [-0.15, -0.1) is 0 Å². The van der Waals surface area contributed by atoms with Crippen LogP contribution in [-0.4, -0.2) is 23.7 Å². The summed E-state index contributed by atoms with van der Waals surface area (Å²) in [4.78, 5) is 13.0. The van der Waals surface area contributed by atoms with Gasteiger partial charge in [-0.2, -0.15) is 5.26 Å². The quantitative estimate of drug-likeness (QED) is 0.627. The molecule has 2 aromatic rings. The number of rotatable bonds is 3. The van der Waals surface area contributed by atoms with Crippen molar-refractivity contribution in [1.82, 2.24) is 0 Å². The number of hydrogen-bond donors (Lipinski definition) is 3. The van der Waals surface area contributed by atoms with Crippen LogP contribution in [0.2, 0.25) is 0 Å². The van der Waals surface area contributed by atoms with Crippen LogP contribution in [0, 0.1) is 11.3 Å². The molecular formula is C25H31N3O3. The SMILES string of the molecule is CC(C)(C)c1cc(C2CCCC2)c(O)cc1NC(=O)[C@H]1CNc2cc(C#N)ccc2O1.[HH]. The fourth-order valence-corrected chi connectivity index (χ4v) is 4.49. The van der Waals surface area contributed by atoms with Crippen molar-refractivity contribution in [2.45, 2.75) is 63.9 Å². The van der Waals surface area contributed by atoms with Crippen LogP contribution >= 0.6 is 0 Å². The molecule has 1 fully saturated rings. The second-order valence-corrected chi connectivity index (χ2v) is 9.49. The van der Waals surface area contributed by atoms with Crippen molar-refractivity contribution in [2.75, 3.05) is 17.2 Å². The lowest BCUT2D eigenvalue weighted by Gasteiger charge is -2.29. The van der Waals surface area contributed by atoms with Gasteiger partial charge >= 0.3 is 0 Å². The molecule has 4 rings (SSSR count). The van der Waals surface area contributed by atoms with Gasteiger partial charge in [0.2, 0.25) is 0 Å². The summed E-state index contributed by atoms with van der Waals surface area (Å²) in [6.07, 6.45) is 3.85. The van der Waals surface area contributed by atoms with Crippen LogP contribution in [-0.2, 0) is 10.2 Å². The number of phenolic OH excluding ortho intramolecular Hbond substituents is 1. The first-order valence-electron chi connectivity index (χ1n) is 10.9. The molecule has 1 amide bonds. The maximum Gasteiger partial charge on any atom is 0.267 e. The molecule has 1 aliphatic carbocycles. The number of fused-ring (bicyclic) bond motifs is 1. The maximum atomic E-state index is 13.0. The lowest BCUT2D eigenvalue weighted by molar-refractivity contribution is -0.122. The minimum Gasteiger partial charge on any atom is -0.508 e. The van der Waals surface area contributed by atoms with Gasteiger partial charge in [0.25, 0.3) is 5.91 Å². The monoisotopic (exact) mass is 421 g/mol. The second-order valence-electron chi connectivity index (χ2n) is 9.49. The molecule has 1 saturated carbocycles. The Morgan fingerprint density at radius 3 is 2.68 bits per heavy atom. The van der Waals surface area contributed by atoms with Crippen molar-refractivity contribution in [3.8, 4) is 17.6 Å². The molecule has 1 atom stereocenters. The first kappa shape index (κ1) is 21.0. The number of ether oxygens (including phenoxy) is 1. The summed E-state index contributed by atoms with van der Waals surface area (Å²) in [5.74, 6) is 0.890. The number of carbonyl (C=O) groups is 1. The molecule has 0 spiro atoms. The van der Waals surface area contributed by atoms with E-state index in [4.69, 9.17) is 10.00 Å². The summed E-state index contributed by atoms with van der Waals surface area (Å²) in [5.41, 5.74) is 3.64. The van der Waals surface area contributed by atoms with Crippen molar-refractivity contribution >= 4 is 17.3 Å². The third-order valence-electron chi connectivity index (χ3n) is 6.18. The third-order valence-corrected chi connectivity index (χ3v) is 6.18. The van der Waals surface area contributed by atoms with E-state index in [1.54, 1.807) is 24.3 Å². The Balaban J connectivity index is 0.00000289. The normalized spacial score (nSPS) is 18.5. The van der Waals surface area contributed by atoms with Crippen molar-refractivity contribution in [3.05, 3.63) is 47.0 Å². The van der Waals surface area contributed by atoms with E-state index in [1.165, 1.54) is 12.8 Å². The predicted octanol–water partition coefficient (Wildman–Crippen LogP) is 5.28. The molecule has 3 N–H and O–H groups in total. The number of amides is 1. The van der Waals surface area contributed by atoms with E-state index in [0.717, 1.165) is 24.0 Å². The smallest absolute Gasteiger partial charge is 0.267 e. The zero-order valence-electron chi connectivity index (χ0n) is 18.3. The highest BCUT2D eigenvalue weighted by molar-refractivity contribution is 5.96.